The molecule has 2 nitrogen and oxygen atoms in total. The second kappa shape index (κ2) is 3.68. The van der Waals surface area contributed by atoms with Crippen LogP contribution in [-0.4, -0.2) is 20.8 Å². The highest BCUT2D eigenvalue weighted by atomic mass is 32.2. The van der Waals surface area contributed by atoms with Crippen LogP contribution in [0.3, 0.4) is 0 Å². The van der Waals surface area contributed by atoms with Crippen molar-refractivity contribution in [2.24, 2.45) is 5.73 Å². The van der Waals surface area contributed by atoms with E-state index in [1.165, 1.54) is 0 Å². The molecule has 11 heavy (non-hydrogen) atoms. The maximum atomic E-state index is 11.6. The van der Waals surface area contributed by atoms with E-state index in [1.807, 2.05) is 13.8 Å². The van der Waals surface area contributed by atoms with Crippen LogP contribution >= 0.6 is 0 Å². The van der Waals surface area contributed by atoms with E-state index in [-0.39, 0.29) is 16.5 Å². The molecule has 2 N–H and O–H groups in total. The third-order valence-corrected chi connectivity index (χ3v) is 4.38. The van der Waals surface area contributed by atoms with Gasteiger partial charge in [-0.3, -0.25) is 4.21 Å². The van der Waals surface area contributed by atoms with E-state index >= 15 is 0 Å². The maximum absolute atomic E-state index is 11.6. The summed E-state index contributed by atoms with van der Waals surface area (Å²) in [5.74, 6) is 0. The maximum Gasteiger partial charge on any atom is 0.0501 e. The molecule has 1 aliphatic carbocycles. The van der Waals surface area contributed by atoms with Gasteiger partial charge >= 0.3 is 0 Å². The average Bonchev–Trinajstić information content (AvgIpc) is 2.33. The molecule has 0 heterocycles. The van der Waals surface area contributed by atoms with E-state index in [2.05, 4.69) is 0 Å². The average molecular weight is 175 g/mol. The zero-order valence-corrected chi connectivity index (χ0v) is 8.06. The van der Waals surface area contributed by atoms with Crippen LogP contribution in [0.2, 0.25) is 0 Å². The van der Waals surface area contributed by atoms with Crippen molar-refractivity contribution in [2.75, 3.05) is 0 Å². The largest absolute Gasteiger partial charge is 0.327 e. The first-order valence-corrected chi connectivity index (χ1v) is 5.55. The minimum Gasteiger partial charge on any atom is -0.327 e. The summed E-state index contributed by atoms with van der Waals surface area (Å²) >= 11 is 0. The summed E-state index contributed by atoms with van der Waals surface area (Å²) < 4.78 is 11.6. The molecule has 0 spiro atoms. The van der Waals surface area contributed by atoms with Crippen molar-refractivity contribution in [2.45, 2.75) is 49.7 Å². The number of hydrogen-bond acceptors (Lipinski definition) is 2. The van der Waals surface area contributed by atoms with Crippen LogP contribution in [0.4, 0.5) is 0 Å². The molecule has 0 aliphatic heterocycles. The van der Waals surface area contributed by atoms with Crippen LogP contribution in [0.1, 0.15) is 33.1 Å². The second-order valence-corrected chi connectivity index (χ2v) is 5.72. The van der Waals surface area contributed by atoms with Crippen molar-refractivity contribution in [3.8, 4) is 0 Å². The Morgan fingerprint density at radius 2 is 2.09 bits per heavy atom. The van der Waals surface area contributed by atoms with Crippen molar-refractivity contribution in [3.63, 3.8) is 0 Å². The zero-order chi connectivity index (χ0) is 8.43. The first kappa shape index (κ1) is 9.20. The molecule has 3 atom stereocenters. The molecule has 3 unspecified atom stereocenters. The van der Waals surface area contributed by atoms with Crippen LogP contribution in [-0.2, 0) is 10.8 Å². The molecular formula is C8H17NOS. The highest BCUT2D eigenvalue weighted by Crippen LogP contribution is 2.23. The Morgan fingerprint density at radius 3 is 2.45 bits per heavy atom. The lowest BCUT2D eigenvalue weighted by Gasteiger charge is -2.16. The predicted molar refractivity (Wildman–Crippen MR) is 48.9 cm³/mol. The van der Waals surface area contributed by atoms with Gasteiger partial charge in [0.1, 0.15) is 0 Å². The van der Waals surface area contributed by atoms with Crippen LogP contribution in [0.15, 0.2) is 0 Å². The van der Waals surface area contributed by atoms with E-state index < -0.39 is 10.8 Å². The predicted octanol–water partition coefficient (Wildman–Crippen LogP) is 1.02. The zero-order valence-electron chi connectivity index (χ0n) is 7.25. The van der Waals surface area contributed by atoms with Gasteiger partial charge in [-0.25, -0.2) is 0 Å². The van der Waals surface area contributed by atoms with Gasteiger partial charge in [-0.05, 0) is 12.8 Å². The summed E-state index contributed by atoms with van der Waals surface area (Å²) in [5.41, 5.74) is 5.82. The molecule has 1 saturated carbocycles. The number of hydrogen-bond donors (Lipinski definition) is 1. The molecule has 0 aromatic carbocycles. The molecule has 3 heteroatoms. The first-order valence-electron chi connectivity index (χ1n) is 4.28. The Kier molecular flexibility index (Phi) is 3.07. The summed E-state index contributed by atoms with van der Waals surface area (Å²) in [6.45, 7) is 4.00. The lowest BCUT2D eigenvalue weighted by molar-refractivity contribution is 0.642. The third kappa shape index (κ3) is 2.03. The van der Waals surface area contributed by atoms with Crippen molar-refractivity contribution in [3.05, 3.63) is 0 Å². The molecular weight excluding hydrogens is 158 g/mol. The van der Waals surface area contributed by atoms with Gasteiger partial charge in [0.05, 0.1) is 5.25 Å². The molecule has 1 rings (SSSR count). The Labute approximate surface area is 71.0 Å². The van der Waals surface area contributed by atoms with Gasteiger partial charge in [0.25, 0.3) is 0 Å². The molecule has 66 valence electrons. The standard InChI is InChI=1S/C8H17NOS/c1-6(2)11(10)8-5-3-4-7(8)9/h6-8H,3-5,9H2,1-2H3. The second-order valence-electron chi connectivity index (χ2n) is 3.51. The highest BCUT2D eigenvalue weighted by molar-refractivity contribution is 7.86. The SMILES string of the molecule is CC(C)S(=O)C1CCCC1N. The van der Waals surface area contributed by atoms with E-state index in [9.17, 15) is 4.21 Å². The van der Waals surface area contributed by atoms with Crippen molar-refractivity contribution < 1.29 is 4.21 Å². The minimum absolute atomic E-state index is 0.193. The summed E-state index contributed by atoms with van der Waals surface area (Å²) in [6, 6.07) is 0.193. The van der Waals surface area contributed by atoms with Crippen LogP contribution in [0, 0.1) is 0 Å². The monoisotopic (exact) mass is 175 g/mol. The Bertz CT molecular complexity index is 158. The topological polar surface area (TPSA) is 43.1 Å². The number of nitrogens with two attached hydrogens (primary N) is 1. The molecule has 0 aromatic heterocycles. The molecule has 0 aromatic rings. The lowest BCUT2D eigenvalue weighted by Crippen LogP contribution is -2.35. The molecule has 0 amide bonds. The van der Waals surface area contributed by atoms with Gasteiger partial charge in [0.2, 0.25) is 0 Å². The third-order valence-electron chi connectivity index (χ3n) is 2.27. The molecule has 0 bridgehead atoms. The van der Waals surface area contributed by atoms with Gasteiger partial charge in [-0.2, -0.15) is 0 Å². The van der Waals surface area contributed by atoms with Crippen molar-refractivity contribution in [1.29, 1.82) is 0 Å². The smallest absolute Gasteiger partial charge is 0.0501 e. The van der Waals surface area contributed by atoms with E-state index in [0.717, 1.165) is 19.3 Å². The Balaban J connectivity index is 2.53. The Morgan fingerprint density at radius 1 is 1.45 bits per heavy atom. The minimum atomic E-state index is -0.702. The van der Waals surface area contributed by atoms with Crippen molar-refractivity contribution >= 4 is 10.8 Å². The fourth-order valence-corrected chi connectivity index (χ4v) is 3.17. The normalized spacial score (nSPS) is 34.5. The molecule has 1 aliphatic rings. The molecule has 1 fully saturated rings. The van der Waals surface area contributed by atoms with Crippen LogP contribution in [0.5, 0.6) is 0 Å². The summed E-state index contributed by atoms with van der Waals surface area (Å²) in [7, 11) is -0.702. The van der Waals surface area contributed by atoms with E-state index in [0.29, 0.717) is 0 Å². The highest BCUT2D eigenvalue weighted by Gasteiger charge is 2.30. The van der Waals surface area contributed by atoms with Gasteiger partial charge in [-0.1, -0.05) is 20.3 Å². The fourth-order valence-electron chi connectivity index (χ4n) is 1.59. The van der Waals surface area contributed by atoms with Crippen molar-refractivity contribution in [1.82, 2.24) is 0 Å². The van der Waals surface area contributed by atoms with Crippen LogP contribution in [0.25, 0.3) is 0 Å². The quantitative estimate of drug-likeness (QED) is 0.681. The first-order chi connectivity index (χ1) is 5.13. The summed E-state index contributed by atoms with van der Waals surface area (Å²) in [5, 5.41) is 0.541. The Hall–Kier alpha value is 0.110. The van der Waals surface area contributed by atoms with Gasteiger partial charge in [0.15, 0.2) is 0 Å². The fraction of sp³-hybridized carbons (Fsp3) is 1.00. The molecule has 0 radical (unpaired) electrons. The molecule has 0 saturated heterocycles. The summed E-state index contributed by atoms with van der Waals surface area (Å²) in [6.07, 6.45) is 3.28. The van der Waals surface area contributed by atoms with Crippen LogP contribution < -0.4 is 5.73 Å². The lowest BCUT2D eigenvalue weighted by atomic mass is 10.3. The van der Waals surface area contributed by atoms with Gasteiger partial charge < -0.3 is 5.73 Å². The number of rotatable bonds is 2. The van der Waals surface area contributed by atoms with E-state index in [4.69, 9.17) is 5.73 Å². The van der Waals surface area contributed by atoms with Gasteiger partial charge in [0, 0.05) is 22.1 Å². The van der Waals surface area contributed by atoms with Gasteiger partial charge in [-0.15, -0.1) is 0 Å². The van der Waals surface area contributed by atoms with E-state index in [1.54, 1.807) is 0 Å². The summed E-state index contributed by atoms with van der Waals surface area (Å²) in [4.78, 5) is 0.